The maximum atomic E-state index is 5.53. The monoisotopic (exact) mass is 256 g/mol. The van der Waals surface area contributed by atoms with Crippen molar-refractivity contribution in [1.82, 2.24) is 0 Å². The van der Waals surface area contributed by atoms with Crippen LogP contribution >= 0.6 is 0 Å². The molecule has 1 aliphatic carbocycles. The van der Waals surface area contributed by atoms with Crippen molar-refractivity contribution >= 4 is 14.5 Å². The highest BCUT2D eigenvalue weighted by molar-refractivity contribution is 6.62. The molecule has 0 N–H and O–H groups in total. The molecule has 18 heavy (non-hydrogen) atoms. The van der Waals surface area contributed by atoms with E-state index in [1.807, 2.05) is 0 Å². The number of benzene rings is 2. The van der Waals surface area contributed by atoms with E-state index < -0.39 is 9.28 Å². The summed E-state index contributed by atoms with van der Waals surface area (Å²) >= 11 is 0. The second kappa shape index (κ2) is 4.69. The lowest BCUT2D eigenvalue weighted by Crippen LogP contribution is -2.37. The van der Waals surface area contributed by atoms with Crippen LogP contribution in [0.2, 0.25) is 0 Å². The summed E-state index contributed by atoms with van der Waals surface area (Å²) in [5.41, 5.74) is 5.49. The van der Waals surface area contributed by atoms with Gasteiger partial charge in [-0.3, -0.25) is 0 Å². The third-order valence-electron chi connectivity index (χ3n) is 3.57. The number of rotatable bonds is 3. The van der Waals surface area contributed by atoms with Crippen molar-refractivity contribution in [2.75, 3.05) is 14.2 Å². The van der Waals surface area contributed by atoms with Crippen molar-refractivity contribution in [3.05, 3.63) is 53.6 Å². The summed E-state index contributed by atoms with van der Waals surface area (Å²) in [5.74, 6) is 0. The smallest absolute Gasteiger partial charge is 0.355 e. The zero-order valence-electron chi connectivity index (χ0n) is 10.6. The molecule has 0 saturated carbocycles. The molecule has 0 aliphatic heterocycles. The minimum absolute atomic E-state index is 0.998. The van der Waals surface area contributed by atoms with Gasteiger partial charge in [-0.2, -0.15) is 0 Å². The van der Waals surface area contributed by atoms with Gasteiger partial charge in [-0.15, -0.1) is 0 Å². The highest BCUT2D eigenvalue weighted by Gasteiger charge is 2.25. The summed E-state index contributed by atoms with van der Waals surface area (Å²) < 4.78 is 11.1. The fourth-order valence-electron chi connectivity index (χ4n) is 2.75. The predicted octanol–water partition coefficient (Wildman–Crippen LogP) is 1.98. The molecule has 0 amide bonds. The summed E-state index contributed by atoms with van der Waals surface area (Å²) in [6.45, 7) is 0. The molecule has 0 atom stereocenters. The molecule has 0 heterocycles. The third-order valence-corrected chi connectivity index (χ3v) is 5.47. The van der Waals surface area contributed by atoms with Crippen LogP contribution in [0.25, 0.3) is 11.1 Å². The minimum Gasteiger partial charge on any atom is -0.397 e. The van der Waals surface area contributed by atoms with Gasteiger partial charge in [0.1, 0.15) is 0 Å². The van der Waals surface area contributed by atoms with E-state index in [-0.39, 0.29) is 0 Å². The molecule has 2 aromatic rings. The van der Waals surface area contributed by atoms with Gasteiger partial charge in [0.2, 0.25) is 0 Å². The summed E-state index contributed by atoms with van der Waals surface area (Å²) in [4.78, 5) is 0. The Morgan fingerprint density at radius 2 is 1.61 bits per heavy atom. The van der Waals surface area contributed by atoms with E-state index in [9.17, 15) is 0 Å². The van der Waals surface area contributed by atoms with Crippen molar-refractivity contribution in [2.45, 2.75) is 6.42 Å². The molecule has 0 radical (unpaired) electrons. The van der Waals surface area contributed by atoms with Crippen LogP contribution in [0.5, 0.6) is 0 Å². The number of hydrogen-bond donors (Lipinski definition) is 0. The Morgan fingerprint density at radius 1 is 0.889 bits per heavy atom. The Morgan fingerprint density at radius 3 is 2.39 bits per heavy atom. The van der Waals surface area contributed by atoms with E-state index in [1.54, 1.807) is 14.2 Å². The molecule has 92 valence electrons. The summed E-state index contributed by atoms with van der Waals surface area (Å²) in [6, 6.07) is 15.1. The third kappa shape index (κ3) is 1.72. The lowest BCUT2D eigenvalue weighted by Gasteiger charge is -2.15. The largest absolute Gasteiger partial charge is 0.397 e. The van der Waals surface area contributed by atoms with Gasteiger partial charge in [0.25, 0.3) is 0 Å². The average molecular weight is 256 g/mol. The normalized spacial score (nSPS) is 12.6. The SMILES string of the molecule is CO[SiH](OC)c1cccc2c1Cc1ccccc1-2. The summed E-state index contributed by atoms with van der Waals surface area (Å²) in [5, 5.41) is 1.27. The van der Waals surface area contributed by atoms with Crippen LogP contribution < -0.4 is 5.19 Å². The van der Waals surface area contributed by atoms with E-state index in [0.717, 1.165) is 6.42 Å². The van der Waals surface area contributed by atoms with E-state index in [0.29, 0.717) is 0 Å². The Hall–Kier alpha value is -1.42. The molecule has 0 aromatic heterocycles. The maximum Gasteiger partial charge on any atom is 0.355 e. The highest BCUT2D eigenvalue weighted by Crippen LogP contribution is 2.35. The lowest BCUT2D eigenvalue weighted by molar-refractivity contribution is 0.291. The fraction of sp³-hybridized carbons (Fsp3) is 0.200. The van der Waals surface area contributed by atoms with Crippen LogP contribution in [0, 0.1) is 0 Å². The van der Waals surface area contributed by atoms with Crippen molar-refractivity contribution in [1.29, 1.82) is 0 Å². The van der Waals surface area contributed by atoms with Gasteiger partial charge in [-0.1, -0.05) is 42.5 Å². The van der Waals surface area contributed by atoms with Crippen LogP contribution in [0.1, 0.15) is 11.1 Å². The van der Waals surface area contributed by atoms with Crippen molar-refractivity contribution in [3.8, 4) is 11.1 Å². The van der Waals surface area contributed by atoms with Gasteiger partial charge < -0.3 is 8.85 Å². The Kier molecular flexibility index (Phi) is 3.03. The Labute approximate surface area is 109 Å². The van der Waals surface area contributed by atoms with Gasteiger partial charge in [0, 0.05) is 14.2 Å². The first-order valence-corrected chi connectivity index (χ1v) is 7.63. The first-order valence-electron chi connectivity index (χ1n) is 6.11. The van der Waals surface area contributed by atoms with Crippen molar-refractivity contribution < 1.29 is 8.85 Å². The molecule has 3 heteroatoms. The zero-order valence-corrected chi connectivity index (χ0v) is 11.8. The van der Waals surface area contributed by atoms with Crippen molar-refractivity contribution in [3.63, 3.8) is 0 Å². The second-order valence-corrected chi connectivity index (χ2v) is 6.74. The molecule has 3 rings (SSSR count). The quantitative estimate of drug-likeness (QED) is 0.667. The van der Waals surface area contributed by atoms with Crippen LogP contribution in [-0.4, -0.2) is 23.5 Å². The zero-order chi connectivity index (χ0) is 12.5. The minimum atomic E-state index is -1.73. The van der Waals surface area contributed by atoms with Crippen LogP contribution in [0.4, 0.5) is 0 Å². The second-order valence-electron chi connectivity index (χ2n) is 4.51. The molecular formula is C15H16O2Si. The standard InChI is InChI=1S/C15H16O2Si/c1-16-18(17-2)15-9-5-8-13-12-7-4-3-6-11(12)10-14(13)15/h3-9,18H,10H2,1-2H3. The molecule has 2 nitrogen and oxygen atoms in total. The Balaban J connectivity index is 2.14. The van der Waals surface area contributed by atoms with Gasteiger partial charge in [-0.05, 0) is 33.9 Å². The topological polar surface area (TPSA) is 18.5 Å². The lowest BCUT2D eigenvalue weighted by atomic mass is 10.1. The Bertz CT molecular complexity index is 576. The van der Waals surface area contributed by atoms with E-state index in [2.05, 4.69) is 42.5 Å². The predicted molar refractivity (Wildman–Crippen MR) is 75.5 cm³/mol. The molecule has 1 aliphatic rings. The molecular weight excluding hydrogens is 240 g/mol. The van der Waals surface area contributed by atoms with Gasteiger partial charge >= 0.3 is 9.28 Å². The highest BCUT2D eigenvalue weighted by atomic mass is 28.3. The molecule has 2 aromatic carbocycles. The number of hydrogen-bond acceptors (Lipinski definition) is 2. The van der Waals surface area contributed by atoms with Gasteiger partial charge in [0.15, 0.2) is 0 Å². The first-order chi connectivity index (χ1) is 8.85. The van der Waals surface area contributed by atoms with Crippen molar-refractivity contribution in [2.24, 2.45) is 0 Å². The maximum absolute atomic E-state index is 5.53. The molecule has 0 spiro atoms. The molecule has 0 fully saturated rings. The van der Waals surface area contributed by atoms with E-state index in [1.165, 1.54) is 27.4 Å². The summed E-state index contributed by atoms with van der Waals surface area (Å²) in [6.07, 6.45) is 0.998. The molecule has 0 saturated heterocycles. The fourth-order valence-corrected chi connectivity index (χ4v) is 4.26. The van der Waals surface area contributed by atoms with E-state index in [4.69, 9.17) is 8.85 Å². The van der Waals surface area contributed by atoms with Crippen LogP contribution in [0.3, 0.4) is 0 Å². The van der Waals surface area contributed by atoms with Crippen LogP contribution in [0.15, 0.2) is 42.5 Å². The summed E-state index contributed by atoms with van der Waals surface area (Å²) in [7, 11) is 1.75. The van der Waals surface area contributed by atoms with E-state index >= 15 is 0 Å². The average Bonchev–Trinajstić information content (AvgIpc) is 2.80. The van der Waals surface area contributed by atoms with Crippen LogP contribution in [-0.2, 0) is 15.3 Å². The molecule has 0 bridgehead atoms. The van der Waals surface area contributed by atoms with Gasteiger partial charge in [0.05, 0.1) is 0 Å². The van der Waals surface area contributed by atoms with Gasteiger partial charge in [-0.25, -0.2) is 0 Å². The number of fused-ring (bicyclic) bond motifs is 3. The molecule has 0 unspecified atom stereocenters. The first kappa shape index (κ1) is 11.7.